The highest BCUT2D eigenvalue weighted by molar-refractivity contribution is 5.98. The standard InChI is InChI=1S/C24H37N3O7/c1-4-7-26(9-8-25-10-12-33-13-11-25)22(30)20-24-6-5-17(34-24)18(23(31)32)19(24)21(29)27(20)16(14-28)15(2)3/h4,15-20,28H,1,5-14H2,2-3H3,(H,31,32)/t16-,17+,18-,19-,20?,24?/m0/s1. The monoisotopic (exact) mass is 479 g/mol. The van der Waals surface area contributed by atoms with Gasteiger partial charge < -0.3 is 29.5 Å². The van der Waals surface area contributed by atoms with Gasteiger partial charge in [0.05, 0.1) is 43.8 Å². The summed E-state index contributed by atoms with van der Waals surface area (Å²) >= 11 is 0. The fraction of sp³-hybridized carbons (Fsp3) is 0.792. The largest absolute Gasteiger partial charge is 0.481 e. The SMILES string of the molecule is C=CCN(CCN1CCOCC1)C(=O)C1N([C@@H](CO)C(C)C)C(=O)[C@@H]2[C@@H](C(=O)O)[C@H]3CCC12O3. The molecule has 0 radical (unpaired) electrons. The average Bonchev–Trinajstić information content (AvgIpc) is 3.45. The molecule has 6 atom stereocenters. The van der Waals surface area contributed by atoms with Gasteiger partial charge in [-0.1, -0.05) is 19.9 Å². The van der Waals surface area contributed by atoms with Gasteiger partial charge in [-0.05, 0) is 18.8 Å². The van der Waals surface area contributed by atoms with Crippen LogP contribution in [-0.4, -0.2) is 119 Å². The van der Waals surface area contributed by atoms with Gasteiger partial charge in [0.2, 0.25) is 11.8 Å². The van der Waals surface area contributed by atoms with E-state index in [1.54, 1.807) is 11.0 Å². The summed E-state index contributed by atoms with van der Waals surface area (Å²) in [6.07, 6.45) is 2.04. The number of rotatable bonds is 10. The number of aliphatic hydroxyl groups is 1. The highest BCUT2D eigenvalue weighted by Crippen LogP contribution is 2.59. The molecular formula is C24H37N3O7. The van der Waals surface area contributed by atoms with Crippen molar-refractivity contribution in [3.8, 4) is 0 Å². The van der Waals surface area contributed by atoms with E-state index in [0.29, 0.717) is 45.7 Å². The second-order valence-corrected chi connectivity index (χ2v) is 10.2. The fourth-order valence-corrected chi connectivity index (χ4v) is 6.34. The zero-order chi connectivity index (χ0) is 24.6. The van der Waals surface area contributed by atoms with Crippen LogP contribution in [0.4, 0.5) is 0 Å². The molecule has 34 heavy (non-hydrogen) atoms. The Labute approximate surface area is 200 Å². The minimum atomic E-state index is -1.18. The third-order valence-corrected chi connectivity index (χ3v) is 8.02. The smallest absolute Gasteiger partial charge is 0.310 e. The molecule has 4 aliphatic rings. The molecule has 4 heterocycles. The topological polar surface area (TPSA) is 120 Å². The van der Waals surface area contributed by atoms with Crippen LogP contribution in [0.2, 0.25) is 0 Å². The number of nitrogens with zero attached hydrogens (tertiary/aromatic N) is 3. The molecule has 0 aromatic carbocycles. The van der Waals surface area contributed by atoms with Gasteiger partial charge in [-0.3, -0.25) is 19.3 Å². The van der Waals surface area contributed by atoms with Crippen molar-refractivity contribution in [2.24, 2.45) is 17.8 Å². The average molecular weight is 480 g/mol. The number of aliphatic carboxylic acids is 1. The molecule has 4 rings (SSSR count). The zero-order valence-corrected chi connectivity index (χ0v) is 20.1. The quantitative estimate of drug-likeness (QED) is 0.414. The molecule has 10 heteroatoms. The Morgan fingerprint density at radius 2 is 2.03 bits per heavy atom. The molecule has 0 aromatic heterocycles. The van der Waals surface area contributed by atoms with E-state index in [2.05, 4.69) is 11.5 Å². The molecule has 10 nitrogen and oxygen atoms in total. The van der Waals surface area contributed by atoms with E-state index < -0.39 is 47.5 Å². The van der Waals surface area contributed by atoms with Gasteiger partial charge in [-0.25, -0.2) is 0 Å². The lowest BCUT2D eigenvalue weighted by Gasteiger charge is -2.40. The number of amides is 2. The molecule has 0 saturated carbocycles. The Hall–Kier alpha value is -2.01. The minimum absolute atomic E-state index is 0.124. The second kappa shape index (κ2) is 9.93. The lowest BCUT2D eigenvalue weighted by molar-refractivity contribution is -0.154. The third kappa shape index (κ3) is 4.04. The van der Waals surface area contributed by atoms with Crippen molar-refractivity contribution in [2.45, 2.75) is 50.5 Å². The molecule has 4 saturated heterocycles. The molecule has 4 aliphatic heterocycles. The van der Waals surface area contributed by atoms with Crippen molar-refractivity contribution in [3.63, 3.8) is 0 Å². The van der Waals surface area contributed by atoms with E-state index >= 15 is 0 Å². The molecule has 190 valence electrons. The summed E-state index contributed by atoms with van der Waals surface area (Å²) in [4.78, 5) is 45.4. The third-order valence-electron chi connectivity index (χ3n) is 8.02. The van der Waals surface area contributed by atoms with Crippen molar-refractivity contribution in [1.29, 1.82) is 0 Å². The first kappa shape index (κ1) is 25.1. The number of morpholine rings is 1. The number of carbonyl (C=O) groups excluding carboxylic acids is 2. The summed E-state index contributed by atoms with van der Waals surface area (Å²) in [7, 11) is 0. The first-order chi connectivity index (χ1) is 16.3. The number of carboxylic acid groups (broad SMARTS) is 1. The number of carbonyl (C=O) groups is 3. The van der Waals surface area contributed by atoms with Crippen molar-refractivity contribution >= 4 is 17.8 Å². The number of carboxylic acids is 1. The number of fused-ring (bicyclic) bond motifs is 1. The summed E-state index contributed by atoms with van der Waals surface area (Å²) in [6.45, 7) is 11.6. The maximum atomic E-state index is 14.1. The van der Waals surface area contributed by atoms with Crippen molar-refractivity contribution in [2.75, 3.05) is 52.5 Å². The maximum absolute atomic E-state index is 14.1. The van der Waals surface area contributed by atoms with Crippen LogP contribution in [0.5, 0.6) is 0 Å². The summed E-state index contributed by atoms with van der Waals surface area (Å²) in [5.41, 5.74) is -1.18. The molecule has 2 bridgehead atoms. The van der Waals surface area contributed by atoms with Gasteiger partial charge in [-0.15, -0.1) is 6.58 Å². The first-order valence-corrected chi connectivity index (χ1v) is 12.3. The Bertz CT molecular complexity index is 814. The van der Waals surface area contributed by atoms with Crippen molar-refractivity contribution in [1.82, 2.24) is 14.7 Å². The predicted molar refractivity (Wildman–Crippen MR) is 122 cm³/mol. The molecule has 0 aliphatic carbocycles. The van der Waals surface area contributed by atoms with E-state index in [4.69, 9.17) is 9.47 Å². The van der Waals surface area contributed by atoms with Crippen LogP contribution in [0.1, 0.15) is 26.7 Å². The van der Waals surface area contributed by atoms with Crippen LogP contribution < -0.4 is 0 Å². The number of ether oxygens (including phenoxy) is 2. The van der Waals surface area contributed by atoms with Gasteiger partial charge in [0.15, 0.2) is 0 Å². The van der Waals surface area contributed by atoms with Crippen LogP contribution in [0.25, 0.3) is 0 Å². The summed E-state index contributed by atoms with van der Waals surface area (Å²) in [5, 5.41) is 20.1. The zero-order valence-electron chi connectivity index (χ0n) is 20.1. The number of hydrogen-bond donors (Lipinski definition) is 2. The first-order valence-electron chi connectivity index (χ1n) is 12.3. The number of likely N-dealkylation sites (tertiary alicyclic amines) is 1. The lowest BCUT2D eigenvalue weighted by atomic mass is 9.70. The molecule has 4 fully saturated rings. The Morgan fingerprint density at radius 1 is 1.32 bits per heavy atom. The van der Waals surface area contributed by atoms with Crippen LogP contribution in [-0.2, 0) is 23.9 Å². The van der Waals surface area contributed by atoms with Gasteiger partial charge in [0.1, 0.15) is 11.6 Å². The van der Waals surface area contributed by atoms with Gasteiger partial charge in [0, 0.05) is 32.7 Å². The van der Waals surface area contributed by atoms with Crippen LogP contribution in [0, 0.1) is 17.8 Å². The molecule has 0 aromatic rings. The maximum Gasteiger partial charge on any atom is 0.310 e. The summed E-state index contributed by atoms with van der Waals surface area (Å²) in [6, 6.07) is -1.58. The molecule has 2 unspecified atom stereocenters. The number of aliphatic hydroxyl groups excluding tert-OH is 1. The molecular weight excluding hydrogens is 442 g/mol. The van der Waals surface area contributed by atoms with Gasteiger partial charge >= 0.3 is 5.97 Å². The van der Waals surface area contributed by atoms with Crippen molar-refractivity contribution in [3.05, 3.63) is 12.7 Å². The minimum Gasteiger partial charge on any atom is -0.481 e. The lowest BCUT2D eigenvalue weighted by Crippen LogP contribution is -2.60. The summed E-state index contributed by atoms with van der Waals surface area (Å²) in [5.74, 6) is -3.76. The highest BCUT2D eigenvalue weighted by atomic mass is 16.5. The Kier molecular flexibility index (Phi) is 7.33. The van der Waals surface area contributed by atoms with E-state index in [0.717, 1.165) is 13.1 Å². The van der Waals surface area contributed by atoms with Crippen LogP contribution >= 0.6 is 0 Å². The van der Waals surface area contributed by atoms with Gasteiger partial charge in [-0.2, -0.15) is 0 Å². The van der Waals surface area contributed by atoms with Crippen LogP contribution in [0.3, 0.4) is 0 Å². The predicted octanol–water partition coefficient (Wildman–Crippen LogP) is -0.191. The normalized spacial score (nSPS) is 33.9. The molecule has 2 amide bonds. The number of hydrogen-bond acceptors (Lipinski definition) is 7. The van der Waals surface area contributed by atoms with E-state index in [1.165, 1.54) is 4.90 Å². The molecule has 1 spiro atoms. The highest BCUT2D eigenvalue weighted by Gasteiger charge is 2.75. The Balaban J connectivity index is 1.67. The fourth-order valence-electron chi connectivity index (χ4n) is 6.34. The second-order valence-electron chi connectivity index (χ2n) is 10.2. The van der Waals surface area contributed by atoms with E-state index in [-0.39, 0.29) is 18.4 Å². The van der Waals surface area contributed by atoms with Crippen LogP contribution in [0.15, 0.2) is 12.7 Å². The molecule has 2 N–H and O–H groups in total. The van der Waals surface area contributed by atoms with E-state index in [9.17, 15) is 24.6 Å². The van der Waals surface area contributed by atoms with Gasteiger partial charge in [0.25, 0.3) is 0 Å². The van der Waals surface area contributed by atoms with E-state index in [1.807, 2.05) is 13.8 Å². The Morgan fingerprint density at radius 3 is 2.62 bits per heavy atom. The van der Waals surface area contributed by atoms with Crippen molar-refractivity contribution < 1.29 is 34.1 Å². The summed E-state index contributed by atoms with van der Waals surface area (Å²) < 4.78 is 11.7.